The Morgan fingerprint density at radius 1 is 1.22 bits per heavy atom. The Morgan fingerprint density at radius 2 is 1.94 bits per heavy atom. The van der Waals surface area contributed by atoms with Crippen molar-refractivity contribution in [1.82, 2.24) is 0 Å². The van der Waals surface area contributed by atoms with E-state index in [1.807, 2.05) is 0 Å². The van der Waals surface area contributed by atoms with Gasteiger partial charge < -0.3 is 9.47 Å². The Morgan fingerprint density at radius 3 is 2.67 bits per heavy atom. The fourth-order valence-electron chi connectivity index (χ4n) is 5.67. The summed E-state index contributed by atoms with van der Waals surface area (Å²) in [6.07, 6.45) is 7.95. The van der Waals surface area contributed by atoms with E-state index in [0.717, 1.165) is 36.0 Å². The Kier molecular flexibility index (Phi) is 2.00. The van der Waals surface area contributed by atoms with Crippen LogP contribution in [0, 0.1) is 35.5 Å². The first-order valence-electron chi connectivity index (χ1n) is 7.07. The molecule has 98 valence electrons. The molecule has 4 rings (SSSR count). The number of ether oxygens (including phenoxy) is 2. The summed E-state index contributed by atoms with van der Waals surface area (Å²) in [5, 5.41) is 0. The van der Waals surface area contributed by atoms with E-state index >= 15 is 0 Å². The number of methoxy groups -OCH3 is 1. The molecule has 7 unspecified atom stereocenters. The highest BCUT2D eigenvalue weighted by molar-refractivity contribution is 5.60. The van der Waals surface area contributed by atoms with E-state index in [9.17, 15) is 4.79 Å². The van der Waals surface area contributed by atoms with Gasteiger partial charge in [0.25, 0.3) is 0 Å². The van der Waals surface area contributed by atoms with Crippen molar-refractivity contribution >= 4 is 6.16 Å². The molecule has 4 bridgehead atoms. The minimum Gasteiger partial charge on any atom is -0.438 e. The minimum absolute atomic E-state index is 0.281. The monoisotopic (exact) mass is 248 g/mol. The molecule has 7 atom stereocenters. The van der Waals surface area contributed by atoms with Gasteiger partial charge in [-0.15, -0.1) is 0 Å². The molecule has 0 aromatic carbocycles. The maximum atomic E-state index is 11.4. The van der Waals surface area contributed by atoms with Crippen molar-refractivity contribution in [3.8, 4) is 0 Å². The van der Waals surface area contributed by atoms with Crippen LogP contribution < -0.4 is 0 Å². The van der Waals surface area contributed by atoms with Gasteiger partial charge in [-0.1, -0.05) is 12.2 Å². The maximum absolute atomic E-state index is 11.4. The molecule has 0 spiro atoms. The summed E-state index contributed by atoms with van der Waals surface area (Å²) in [5.41, 5.74) is -0.281. The minimum atomic E-state index is -0.514. The summed E-state index contributed by atoms with van der Waals surface area (Å²) in [7, 11) is 1.39. The van der Waals surface area contributed by atoms with Crippen LogP contribution in [0.25, 0.3) is 0 Å². The van der Waals surface area contributed by atoms with Gasteiger partial charge in [0.05, 0.1) is 7.11 Å². The largest absolute Gasteiger partial charge is 0.508 e. The van der Waals surface area contributed by atoms with Crippen molar-refractivity contribution in [2.45, 2.75) is 31.8 Å². The summed E-state index contributed by atoms with van der Waals surface area (Å²) in [5.74, 6) is 4.50. The van der Waals surface area contributed by atoms with Crippen molar-refractivity contribution in [3.63, 3.8) is 0 Å². The smallest absolute Gasteiger partial charge is 0.438 e. The standard InChI is InChI=1S/C15H20O3/c1-15(18-14(16)17-2)7-10-6-11(15)13-9-4-3-8(5-9)12(10)13/h3-4,8-13H,5-7H2,1-2H3. The van der Waals surface area contributed by atoms with Gasteiger partial charge in [-0.3, -0.25) is 0 Å². The van der Waals surface area contributed by atoms with Gasteiger partial charge >= 0.3 is 6.16 Å². The summed E-state index contributed by atoms with van der Waals surface area (Å²) in [4.78, 5) is 11.4. The van der Waals surface area contributed by atoms with E-state index < -0.39 is 6.16 Å². The van der Waals surface area contributed by atoms with E-state index in [2.05, 4.69) is 23.8 Å². The lowest BCUT2D eigenvalue weighted by molar-refractivity contribution is -0.0745. The highest BCUT2D eigenvalue weighted by Gasteiger charge is 2.66. The van der Waals surface area contributed by atoms with Gasteiger partial charge in [0.2, 0.25) is 0 Å². The zero-order valence-electron chi connectivity index (χ0n) is 11.0. The number of allylic oxidation sites excluding steroid dienone is 2. The number of hydrogen-bond donors (Lipinski definition) is 0. The zero-order valence-corrected chi connectivity index (χ0v) is 11.0. The van der Waals surface area contributed by atoms with Crippen molar-refractivity contribution < 1.29 is 14.3 Å². The van der Waals surface area contributed by atoms with Crippen LogP contribution >= 0.6 is 0 Å². The fraction of sp³-hybridized carbons (Fsp3) is 0.800. The molecular formula is C15H20O3. The molecule has 0 N–H and O–H groups in total. The van der Waals surface area contributed by atoms with Crippen LogP contribution in [0.1, 0.15) is 26.2 Å². The van der Waals surface area contributed by atoms with E-state index in [1.165, 1.54) is 20.0 Å². The fourth-order valence-corrected chi connectivity index (χ4v) is 5.67. The lowest BCUT2D eigenvalue weighted by Crippen LogP contribution is -2.45. The van der Waals surface area contributed by atoms with Crippen LogP contribution in [-0.2, 0) is 9.47 Å². The average molecular weight is 248 g/mol. The van der Waals surface area contributed by atoms with Crippen LogP contribution in [0.4, 0.5) is 4.79 Å². The number of carbonyl (C=O) groups excluding carboxylic acids is 1. The van der Waals surface area contributed by atoms with Gasteiger partial charge in [0.15, 0.2) is 0 Å². The van der Waals surface area contributed by atoms with Crippen LogP contribution in [-0.4, -0.2) is 18.9 Å². The third kappa shape index (κ3) is 1.18. The SMILES string of the molecule is COC(=O)OC1(C)CC2CC1C1C3C=CC(C3)C21. The lowest BCUT2D eigenvalue weighted by Gasteiger charge is -2.42. The number of carbonyl (C=O) groups is 1. The summed E-state index contributed by atoms with van der Waals surface area (Å²) in [6.45, 7) is 2.11. The molecule has 0 heterocycles. The molecule has 0 amide bonds. The quantitative estimate of drug-likeness (QED) is 0.406. The zero-order chi connectivity index (χ0) is 12.5. The van der Waals surface area contributed by atoms with E-state index in [1.54, 1.807) is 0 Å². The highest BCUT2D eigenvalue weighted by atomic mass is 16.7. The predicted octanol–water partition coefficient (Wildman–Crippen LogP) is 3.01. The first kappa shape index (κ1) is 10.9. The molecule has 4 aliphatic carbocycles. The Bertz CT molecular complexity index is 429. The molecule has 3 saturated carbocycles. The second-order valence-corrected chi connectivity index (χ2v) is 6.78. The molecule has 0 aromatic heterocycles. The summed E-state index contributed by atoms with van der Waals surface area (Å²) < 4.78 is 10.3. The Labute approximate surface area is 108 Å². The molecular weight excluding hydrogens is 228 g/mol. The normalized spacial score (nSPS) is 54.8. The molecule has 0 aliphatic heterocycles. The molecule has 3 fully saturated rings. The van der Waals surface area contributed by atoms with Crippen LogP contribution in [0.5, 0.6) is 0 Å². The topological polar surface area (TPSA) is 35.5 Å². The molecule has 3 heteroatoms. The first-order valence-corrected chi connectivity index (χ1v) is 7.07. The second kappa shape index (κ2) is 3.31. The average Bonchev–Trinajstić information content (AvgIpc) is 3.03. The van der Waals surface area contributed by atoms with Crippen molar-refractivity contribution in [2.75, 3.05) is 7.11 Å². The first-order chi connectivity index (χ1) is 8.62. The van der Waals surface area contributed by atoms with Crippen molar-refractivity contribution in [2.24, 2.45) is 35.5 Å². The maximum Gasteiger partial charge on any atom is 0.508 e. The molecule has 18 heavy (non-hydrogen) atoms. The van der Waals surface area contributed by atoms with Gasteiger partial charge in [0, 0.05) is 5.92 Å². The predicted molar refractivity (Wildman–Crippen MR) is 65.8 cm³/mol. The van der Waals surface area contributed by atoms with Crippen LogP contribution in [0.3, 0.4) is 0 Å². The number of fused-ring (bicyclic) bond motifs is 9. The van der Waals surface area contributed by atoms with E-state index in [0.29, 0.717) is 5.92 Å². The third-order valence-corrected chi connectivity index (χ3v) is 6.08. The number of rotatable bonds is 1. The van der Waals surface area contributed by atoms with Gasteiger partial charge in [-0.2, -0.15) is 0 Å². The highest BCUT2D eigenvalue weighted by Crippen LogP contribution is 2.68. The van der Waals surface area contributed by atoms with Crippen LogP contribution in [0.2, 0.25) is 0 Å². The van der Waals surface area contributed by atoms with Gasteiger partial charge in [0.1, 0.15) is 5.60 Å². The molecule has 0 aromatic rings. The molecule has 3 nitrogen and oxygen atoms in total. The molecule has 0 saturated heterocycles. The summed E-state index contributed by atoms with van der Waals surface area (Å²) >= 11 is 0. The third-order valence-electron chi connectivity index (χ3n) is 6.08. The van der Waals surface area contributed by atoms with Crippen LogP contribution in [0.15, 0.2) is 12.2 Å². The van der Waals surface area contributed by atoms with E-state index in [4.69, 9.17) is 4.74 Å². The lowest BCUT2D eigenvalue weighted by atomic mass is 9.68. The molecule has 0 radical (unpaired) electrons. The number of hydrogen-bond acceptors (Lipinski definition) is 3. The van der Waals surface area contributed by atoms with E-state index in [-0.39, 0.29) is 5.60 Å². The van der Waals surface area contributed by atoms with Gasteiger partial charge in [-0.05, 0) is 55.8 Å². The Balaban J connectivity index is 1.61. The summed E-state index contributed by atoms with van der Waals surface area (Å²) in [6, 6.07) is 0. The van der Waals surface area contributed by atoms with Crippen molar-refractivity contribution in [3.05, 3.63) is 12.2 Å². The van der Waals surface area contributed by atoms with Gasteiger partial charge in [-0.25, -0.2) is 4.79 Å². The van der Waals surface area contributed by atoms with Crippen molar-refractivity contribution in [1.29, 1.82) is 0 Å². The molecule has 4 aliphatic rings. The second-order valence-electron chi connectivity index (χ2n) is 6.78. The Hall–Kier alpha value is -0.990.